The molecule has 0 atom stereocenters. The van der Waals surface area contributed by atoms with Crippen LogP contribution in [-0.4, -0.2) is 54.8 Å². The largest absolute Gasteiger partial charge is 0.492 e. The van der Waals surface area contributed by atoms with Crippen molar-refractivity contribution in [1.29, 1.82) is 0 Å². The molecule has 3 aromatic carbocycles. The SMILES string of the molecule is CC/C(=C(/c1ccc(OCCNC/C=C/C(=O)N(C)C)cc1)c1ccc2[nH]ncc2c1)c1ccc(F)cc1Cl. The number of allylic oxidation sites excluding steroid dienone is 1. The average Bonchev–Trinajstić information content (AvgIpc) is 3.40. The molecule has 0 radical (unpaired) electrons. The van der Waals surface area contributed by atoms with E-state index < -0.39 is 0 Å². The fourth-order valence-electron chi connectivity index (χ4n) is 4.30. The molecule has 0 saturated carbocycles. The molecule has 4 aromatic rings. The Hall–Kier alpha value is -3.94. The van der Waals surface area contributed by atoms with Crippen LogP contribution < -0.4 is 10.1 Å². The Morgan fingerprint density at radius 2 is 1.87 bits per heavy atom. The summed E-state index contributed by atoms with van der Waals surface area (Å²) in [5.74, 6) is 0.343. The molecule has 6 nitrogen and oxygen atoms in total. The minimum atomic E-state index is -0.366. The van der Waals surface area contributed by atoms with Crippen molar-refractivity contribution in [3.05, 3.63) is 107 Å². The summed E-state index contributed by atoms with van der Waals surface area (Å²) < 4.78 is 19.8. The lowest BCUT2D eigenvalue weighted by molar-refractivity contribution is -0.123. The Kier molecular flexibility index (Phi) is 9.52. The second-order valence-electron chi connectivity index (χ2n) is 9.22. The van der Waals surface area contributed by atoms with Crippen LogP contribution in [0.1, 0.15) is 30.0 Å². The normalized spacial score (nSPS) is 12.1. The number of fused-ring (bicyclic) bond motifs is 1. The Bertz CT molecular complexity index is 1490. The molecule has 0 saturated heterocycles. The first kappa shape index (κ1) is 28.1. The molecule has 0 spiro atoms. The highest BCUT2D eigenvalue weighted by atomic mass is 35.5. The Labute approximate surface area is 233 Å². The second kappa shape index (κ2) is 13.2. The number of nitrogens with one attached hydrogen (secondary N) is 2. The van der Waals surface area contributed by atoms with Gasteiger partial charge >= 0.3 is 0 Å². The number of halogens is 2. The monoisotopic (exact) mass is 546 g/mol. The smallest absolute Gasteiger partial charge is 0.245 e. The molecule has 4 rings (SSSR count). The Balaban J connectivity index is 1.55. The fraction of sp³-hybridized carbons (Fsp3) is 0.226. The first-order valence-corrected chi connectivity index (χ1v) is 13.2. The lowest BCUT2D eigenvalue weighted by Gasteiger charge is -2.18. The maximum atomic E-state index is 13.8. The molecule has 1 heterocycles. The van der Waals surface area contributed by atoms with E-state index in [4.69, 9.17) is 16.3 Å². The minimum absolute atomic E-state index is 0.0424. The number of benzene rings is 3. The van der Waals surface area contributed by atoms with Gasteiger partial charge in [-0.25, -0.2) is 4.39 Å². The molecule has 8 heteroatoms. The standard InChI is InChI=1S/C31H32ClFN4O2/c1-4-26(27-13-10-24(33)19-28(27)32)31(22-9-14-29-23(18-22)20-35-36-29)21-7-11-25(12-8-21)39-17-16-34-15-5-6-30(38)37(2)3/h5-14,18-20,34H,4,15-17H2,1-3H3,(H,35,36)/b6-5+,31-26+. The van der Waals surface area contributed by atoms with Gasteiger partial charge in [0, 0.05) is 38.6 Å². The van der Waals surface area contributed by atoms with Crippen LogP contribution in [0.4, 0.5) is 4.39 Å². The summed E-state index contributed by atoms with van der Waals surface area (Å²) in [6.45, 7) is 3.78. The van der Waals surface area contributed by atoms with E-state index in [1.54, 1.807) is 38.5 Å². The lowest BCUT2D eigenvalue weighted by Crippen LogP contribution is -2.22. The van der Waals surface area contributed by atoms with Crippen LogP contribution in [0.3, 0.4) is 0 Å². The van der Waals surface area contributed by atoms with Crippen LogP contribution >= 0.6 is 11.6 Å². The molecule has 0 fully saturated rings. The van der Waals surface area contributed by atoms with E-state index in [2.05, 4.69) is 34.6 Å². The van der Waals surface area contributed by atoms with E-state index in [9.17, 15) is 9.18 Å². The van der Waals surface area contributed by atoms with E-state index in [1.807, 2.05) is 30.3 Å². The van der Waals surface area contributed by atoms with Crippen molar-refractivity contribution in [1.82, 2.24) is 20.4 Å². The number of amides is 1. The molecular formula is C31H32ClFN4O2. The number of ether oxygens (including phenoxy) is 1. The maximum absolute atomic E-state index is 13.8. The van der Waals surface area contributed by atoms with Gasteiger partial charge in [-0.15, -0.1) is 0 Å². The van der Waals surface area contributed by atoms with Gasteiger partial charge in [-0.1, -0.05) is 48.9 Å². The number of aromatic nitrogens is 2. The van der Waals surface area contributed by atoms with Crippen LogP contribution in [0.5, 0.6) is 5.75 Å². The van der Waals surface area contributed by atoms with Gasteiger partial charge in [-0.3, -0.25) is 9.89 Å². The van der Waals surface area contributed by atoms with Crippen molar-refractivity contribution in [2.24, 2.45) is 0 Å². The predicted molar refractivity (Wildman–Crippen MR) is 156 cm³/mol. The van der Waals surface area contributed by atoms with Crippen LogP contribution in [0.15, 0.2) is 79.0 Å². The molecule has 1 aromatic heterocycles. The number of aromatic amines is 1. The zero-order valence-corrected chi connectivity index (χ0v) is 23.1. The van der Waals surface area contributed by atoms with Crippen LogP contribution in [0, 0.1) is 5.82 Å². The van der Waals surface area contributed by atoms with Crippen molar-refractivity contribution in [3.63, 3.8) is 0 Å². The third kappa shape index (κ3) is 7.13. The van der Waals surface area contributed by atoms with Crippen molar-refractivity contribution in [2.75, 3.05) is 33.8 Å². The molecule has 0 unspecified atom stereocenters. The molecule has 0 bridgehead atoms. The third-order valence-corrected chi connectivity index (χ3v) is 6.61. The van der Waals surface area contributed by atoms with Gasteiger partial charge in [-0.2, -0.15) is 5.10 Å². The predicted octanol–water partition coefficient (Wildman–Crippen LogP) is 6.34. The number of likely N-dealkylation sites (N-methyl/N-ethyl adjacent to an activating group) is 1. The summed E-state index contributed by atoms with van der Waals surface area (Å²) in [6.07, 6.45) is 5.84. The summed E-state index contributed by atoms with van der Waals surface area (Å²) >= 11 is 6.52. The summed E-state index contributed by atoms with van der Waals surface area (Å²) in [7, 11) is 3.44. The quantitative estimate of drug-likeness (QED) is 0.131. The van der Waals surface area contributed by atoms with Gasteiger partial charge in [0.1, 0.15) is 18.2 Å². The third-order valence-electron chi connectivity index (χ3n) is 6.29. The molecular weight excluding hydrogens is 515 g/mol. The highest BCUT2D eigenvalue weighted by molar-refractivity contribution is 6.32. The zero-order valence-electron chi connectivity index (χ0n) is 22.3. The van der Waals surface area contributed by atoms with Crippen molar-refractivity contribution in [3.8, 4) is 5.75 Å². The van der Waals surface area contributed by atoms with Crippen LogP contribution in [0.25, 0.3) is 22.0 Å². The topological polar surface area (TPSA) is 70.2 Å². The second-order valence-corrected chi connectivity index (χ2v) is 9.62. The zero-order chi connectivity index (χ0) is 27.8. The first-order valence-electron chi connectivity index (χ1n) is 12.8. The molecule has 0 aliphatic heterocycles. The Morgan fingerprint density at radius 1 is 1.10 bits per heavy atom. The van der Waals surface area contributed by atoms with E-state index in [1.165, 1.54) is 17.0 Å². The van der Waals surface area contributed by atoms with Gasteiger partial charge < -0.3 is 15.0 Å². The van der Waals surface area contributed by atoms with E-state index >= 15 is 0 Å². The van der Waals surface area contributed by atoms with Gasteiger partial charge in [0.2, 0.25) is 5.91 Å². The summed E-state index contributed by atoms with van der Waals surface area (Å²) in [5.41, 5.74) is 5.79. The van der Waals surface area contributed by atoms with Crippen LogP contribution in [0.2, 0.25) is 5.02 Å². The Morgan fingerprint density at radius 3 is 2.59 bits per heavy atom. The highest BCUT2D eigenvalue weighted by Gasteiger charge is 2.16. The summed E-state index contributed by atoms with van der Waals surface area (Å²) in [5, 5.41) is 11.8. The number of nitrogens with zero attached hydrogens (tertiary/aromatic N) is 2. The number of carbonyl (C=O) groups excluding carboxylic acids is 1. The van der Waals surface area contributed by atoms with Gasteiger partial charge in [0.15, 0.2) is 0 Å². The summed E-state index contributed by atoms with van der Waals surface area (Å²) in [4.78, 5) is 13.1. The number of hydrogen-bond acceptors (Lipinski definition) is 4. The fourth-order valence-corrected chi connectivity index (χ4v) is 4.58. The van der Waals surface area contributed by atoms with Crippen molar-refractivity contribution < 1.29 is 13.9 Å². The van der Waals surface area contributed by atoms with Gasteiger partial charge in [0.25, 0.3) is 0 Å². The number of rotatable bonds is 11. The van der Waals surface area contributed by atoms with Crippen molar-refractivity contribution in [2.45, 2.75) is 13.3 Å². The number of carbonyl (C=O) groups is 1. The molecule has 2 N–H and O–H groups in total. The lowest BCUT2D eigenvalue weighted by atomic mass is 9.87. The molecule has 0 aliphatic rings. The molecule has 39 heavy (non-hydrogen) atoms. The highest BCUT2D eigenvalue weighted by Crippen LogP contribution is 2.38. The summed E-state index contributed by atoms with van der Waals surface area (Å²) in [6, 6.07) is 18.6. The minimum Gasteiger partial charge on any atom is -0.492 e. The first-order chi connectivity index (χ1) is 18.9. The van der Waals surface area contributed by atoms with E-state index in [0.29, 0.717) is 31.1 Å². The number of H-pyrrole nitrogens is 1. The van der Waals surface area contributed by atoms with Crippen LogP contribution in [-0.2, 0) is 4.79 Å². The number of hydrogen-bond donors (Lipinski definition) is 2. The van der Waals surface area contributed by atoms with Gasteiger partial charge in [-0.05, 0) is 70.7 Å². The molecule has 0 aliphatic carbocycles. The molecule has 1 amide bonds. The van der Waals surface area contributed by atoms with Gasteiger partial charge in [0.05, 0.1) is 16.7 Å². The van der Waals surface area contributed by atoms with E-state index in [0.717, 1.165) is 44.5 Å². The van der Waals surface area contributed by atoms with E-state index in [-0.39, 0.29) is 11.7 Å². The maximum Gasteiger partial charge on any atom is 0.245 e. The average molecular weight is 547 g/mol. The van der Waals surface area contributed by atoms with Crippen molar-refractivity contribution >= 4 is 39.6 Å². The molecule has 202 valence electrons.